The van der Waals surface area contributed by atoms with Crippen LogP contribution in [0.1, 0.15) is 0 Å². The lowest BCUT2D eigenvalue weighted by Gasteiger charge is -2.22. The number of anilines is 1. The fourth-order valence-corrected chi connectivity index (χ4v) is 5.33. The lowest BCUT2D eigenvalue weighted by atomic mass is 9.98. The van der Waals surface area contributed by atoms with Crippen molar-refractivity contribution in [1.29, 1.82) is 0 Å². The number of hydrogen-bond acceptors (Lipinski definition) is 2. The zero-order valence-electron chi connectivity index (χ0n) is 16.8. The zero-order chi connectivity index (χ0) is 20.0. The van der Waals surface area contributed by atoms with Crippen LogP contribution in [0.2, 0.25) is 0 Å². The standard InChI is InChI=1S/C27H19N3/c1-29(2)26-18-8-4-3-7-17(18)15-21-24-23-16(13-14-28-24)11-12-20-19-9-5-6-10-22(19)30(25(20)23)27(21)26/h3-15H,1-2H3. The predicted octanol–water partition coefficient (Wildman–Crippen LogP) is 6.60. The summed E-state index contributed by atoms with van der Waals surface area (Å²) in [7, 11) is 4.28. The Morgan fingerprint density at radius 1 is 0.700 bits per heavy atom. The third kappa shape index (κ3) is 1.79. The molecule has 0 atom stereocenters. The minimum Gasteiger partial charge on any atom is -0.375 e. The Kier molecular flexibility index (Phi) is 2.88. The third-order valence-corrected chi connectivity index (χ3v) is 6.48. The van der Waals surface area contributed by atoms with Gasteiger partial charge in [0.25, 0.3) is 0 Å². The molecule has 0 aliphatic rings. The van der Waals surface area contributed by atoms with Crippen LogP contribution in [0.5, 0.6) is 0 Å². The van der Waals surface area contributed by atoms with Crippen molar-refractivity contribution < 1.29 is 0 Å². The van der Waals surface area contributed by atoms with Gasteiger partial charge in [-0.05, 0) is 29.0 Å². The Labute approximate surface area is 173 Å². The number of fused-ring (bicyclic) bond motifs is 7. The van der Waals surface area contributed by atoms with Crippen LogP contribution in [-0.2, 0) is 0 Å². The number of para-hydroxylation sites is 1. The van der Waals surface area contributed by atoms with E-state index in [1.807, 2.05) is 6.20 Å². The topological polar surface area (TPSA) is 20.5 Å². The van der Waals surface area contributed by atoms with Crippen molar-refractivity contribution in [3.8, 4) is 0 Å². The molecule has 30 heavy (non-hydrogen) atoms. The molecule has 0 amide bonds. The number of aromatic nitrogens is 2. The molecule has 0 saturated carbocycles. The van der Waals surface area contributed by atoms with Crippen LogP contribution >= 0.6 is 0 Å². The van der Waals surface area contributed by atoms with Crippen molar-refractivity contribution in [3.63, 3.8) is 0 Å². The molecule has 0 radical (unpaired) electrons. The van der Waals surface area contributed by atoms with E-state index in [2.05, 4.69) is 96.2 Å². The van der Waals surface area contributed by atoms with Crippen LogP contribution < -0.4 is 4.90 Å². The lowest BCUT2D eigenvalue weighted by molar-refractivity contribution is 1.14. The van der Waals surface area contributed by atoms with Gasteiger partial charge in [-0.25, -0.2) is 0 Å². The summed E-state index contributed by atoms with van der Waals surface area (Å²) < 4.78 is 2.47. The fraction of sp³-hybridized carbons (Fsp3) is 0.0741. The highest BCUT2D eigenvalue weighted by atomic mass is 15.1. The molecule has 3 heterocycles. The van der Waals surface area contributed by atoms with E-state index >= 15 is 0 Å². The number of benzene rings is 4. The first-order valence-electron chi connectivity index (χ1n) is 10.3. The normalized spacial score (nSPS) is 12.3. The van der Waals surface area contributed by atoms with E-state index in [4.69, 9.17) is 4.98 Å². The predicted molar refractivity (Wildman–Crippen MR) is 128 cm³/mol. The lowest BCUT2D eigenvalue weighted by Crippen LogP contribution is -2.11. The molecule has 0 N–H and O–H groups in total. The van der Waals surface area contributed by atoms with Gasteiger partial charge in [0.1, 0.15) is 0 Å². The Balaban J connectivity index is 1.97. The molecule has 0 bridgehead atoms. The first-order valence-corrected chi connectivity index (χ1v) is 10.3. The van der Waals surface area contributed by atoms with Gasteiger partial charge in [-0.2, -0.15) is 0 Å². The first kappa shape index (κ1) is 16.0. The second-order valence-electron chi connectivity index (χ2n) is 8.31. The third-order valence-electron chi connectivity index (χ3n) is 6.48. The van der Waals surface area contributed by atoms with Crippen LogP contribution in [0, 0.1) is 0 Å². The van der Waals surface area contributed by atoms with Crippen molar-refractivity contribution in [2.45, 2.75) is 0 Å². The fourth-order valence-electron chi connectivity index (χ4n) is 5.33. The van der Waals surface area contributed by atoms with Crippen LogP contribution in [0.4, 0.5) is 5.69 Å². The maximum atomic E-state index is 4.91. The van der Waals surface area contributed by atoms with Crippen LogP contribution in [0.25, 0.3) is 59.8 Å². The highest BCUT2D eigenvalue weighted by Crippen LogP contribution is 2.44. The van der Waals surface area contributed by atoms with E-state index in [0.717, 1.165) is 5.52 Å². The number of rotatable bonds is 1. The van der Waals surface area contributed by atoms with Gasteiger partial charge >= 0.3 is 0 Å². The van der Waals surface area contributed by atoms with Gasteiger partial charge in [0.15, 0.2) is 0 Å². The summed E-state index contributed by atoms with van der Waals surface area (Å²) in [6.45, 7) is 0. The molecule has 142 valence electrons. The van der Waals surface area contributed by atoms with E-state index in [9.17, 15) is 0 Å². The minimum atomic E-state index is 1.08. The van der Waals surface area contributed by atoms with E-state index in [1.165, 1.54) is 59.9 Å². The number of pyridine rings is 2. The van der Waals surface area contributed by atoms with E-state index in [1.54, 1.807) is 0 Å². The smallest absolute Gasteiger partial charge is 0.0823 e. The summed E-state index contributed by atoms with van der Waals surface area (Å²) in [6.07, 6.45) is 1.94. The van der Waals surface area contributed by atoms with E-state index in [-0.39, 0.29) is 0 Å². The molecule has 0 fully saturated rings. The zero-order valence-corrected chi connectivity index (χ0v) is 16.8. The molecule has 0 aliphatic carbocycles. The second kappa shape index (κ2) is 5.39. The van der Waals surface area contributed by atoms with Crippen molar-refractivity contribution in [3.05, 3.63) is 79.0 Å². The molecule has 0 unspecified atom stereocenters. The molecule has 0 saturated heterocycles. The van der Waals surface area contributed by atoms with Gasteiger partial charge < -0.3 is 9.30 Å². The van der Waals surface area contributed by atoms with Gasteiger partial charge in [-0.1, -0.05) is 54.6 Å². The molecule has 3 heteroatoms. The Hall–Kier alpha value is -3.85. The molecule has 0 spiro atoms. The SMILES string of the molecule is CN(C)c1c2ccccc2cc2c3nccc4ccc5c6ccccc6n(c12)c5c43. The summed E-state index contributed by atoms with van der Waals surface area (Å²) in [6, 6.07) is 26.3. The molecule has 4 aromatic carbocycles. The quantitative estimate of drug-likeness (QED) is 0.234. The summed E-state index contributed by atoms with van der Waals surface area (Å²) in [5.74, 6) is 0. The largest absolute Gasteiger partial charge is 0.375 e. The maximum Gasteiger partial charge on any atom is 0.0823 e. The molecule has 3 nitrogen and oxygen atoms in total. The van der Waals surface area contributed by atoms with Crippen LogP contribution in [0.15, 0.2) is 79.0 Å². The number of hydrogen-bond donors (Lipinski definition) is 0. The van der Waals surface area contributed by atoms with Gasteiger partial charge in [0.05, 0.1) is 27.8 Å². The number of nitrogens with zero attached hydrogens (tertiary/aromatic N) is 3. The molecule has 7 rings (SSSR count). The average molecular weight is 385 g/mol. The highest BCUT2D eigenvalue weighted by molar-refractivity contribution is 6.30. The van der Waals surface area contributed by atoms with Gasteiger partial charge in [-0.3, -0.25) is 4.98 Å². The van der Waals surface area contributed by atoms with Crippen molar-refractivity contribution in [2.24, 2.45) is 0 Å². The summed E-state index contributed by atoms with van der Waals surface area (Å²) in [5, 5.41) is 8.76. The molecular formula is C27H19N3. The molecule has 7 aromatic rings. The van der Waals surface area contributed by atoms with Gasteiger partial charge in [0, 0.05) is 47.2 Å². The van der Waals surface area contributed by atoms with Crippen molar-refractivity contribution in [2.75, 3.05) is 19.0 Å². The summed E-state index contributed by atoms with van der Waals surface area (Å²) in [4.78, 5) is 7.15. The molecular weight excluding hydrogens is 366 g/mol. The van der Waals surface area contributed by atoms with Gasteiger partial charge in [-0.15, -0.1) is 0 Å². The van der Waals surface area contributed by atoms with Crippen molar-refractivity contribution in [1.82, 2.24) is 9.38 Å². The van der Waals surface area contributed by atoms with E-state index < -0.39 is 0 Å². The summed E-state index contributed by atoms with van der Waals surface area (Å²) >= 11 is 0. The summed E-state index contributed by atoms with van der Waals surface area (Å²) in [5.41, 5.74) is 6.05. The Morgan fingerprint density at radius 2 is 1.50 bits per heavy atom. The highest BCUT2D eigenvalue weighted by Gasteiger charge is 2.22. The van der Waals surface area contributed by atoms with E-state index in [0.29, 0.717) is 0 Å². The Bertz CT molecular complexity index is 1770. The minimum absolute atomic E-state index is 1.08. The maximum absolute atomic E-state index is 4.91. The second-order valence-corrected chi connectivity index (χ2v) is 8.31. The van der Waals surface area contributed by atoms with Gasteiger partial charge in [0.2, 0.25) is 0 Å². The van der Waals surface area contributed by atoms with Crippen LogP contribution in [0.3, 0.4) is 0 Å². The monoisotopic (exact) mass is 385 g/mol. The molecule has 0 aliphatic heterocycles. The Morgan fingerprint density at radius 3 is 2.37 bits per heavy atom. The van der Waals surface area contributed by atoms with Crippen LogP contribution in [-0.4, -0.2) is 23.5 Å². The van der Waals surface area contributed by atoms with Crippen molar-refractivity contribution >= 4 is 65.5 Å². The molecule has 3 aromatic heterocycles. The average Bonchev–Trinajstić information content (AvgIpc) is 3.12. The first-order chi connectivity index (χ1) is 14.7.